The summed E-state index contributed by atoms with van der Waals surface area (Å²) in [6, 6.07) is 8.10. The highest BCUT2D eigenvalue weighted by Gasteiger charge is 2.58. The number of likely N-dealkylation sites (tertiary alicyclic amines) is 1. The predicted octanol–water partition coefficient (Wildman–Crippen LogP) is 2.61. The standard InChI is InChI=1S/C24H32N4O3.HI/c1-3-25-24(26-12-4-5-16-6-10-19(31-2)11-7-16)27-13-14-28-22(29)20-17-8-9-18(15-17)21(20)23(28)30;/h6-11,17-18,20-21H,3-5,12-15H2,1-2H3,(H2,25,26,27);1H. The third-order valence-corrected chi connectivity index (χ3v) is 6.59. The largest absolute Gasteiger partial charge is 0.497 e. The number of aliphatic imine (C=N–C) groups is 1. The van der Waals surface area contributed by atoms with Crippen LogP contribution in [0.15, 0.2) is 41.4 Å². The highest BCUT2D eigenvalue weighted by Crippen LogP contribution is 2.52. The lowest BCUT2D eigenvalue weighted by Crippen LogP contribution is -2.43. The van der Waals surface area contributed by atoms with Gasteiger partial charge in [0.1, 0.15) is 5.75 Å². The van der Waals surface area contributed by atoms with Crippen LogP contribution in [-0.2, 0) is 16.0 Å². The van der Waals surface area contributed by atoms with Crippen molar-refractivity contribution in [2.45, 2.75) is 26.2 Å². The van der Waals surface area contributed by atoms with Crippen LogP contribution >= 0.6 is 24.0 Å². The van der Waals surface area contributed by atoms with Gasteiger partial charge in [0.15, 0.2) is 5.96 Å². The second-order valence-electron chi connectivity index (χ2n) is 8.47. The van der Waals surface area contributed by atoms with Crippen molar-refractivity contribution in [2.75, 3.05) is 33.3 Å². The van der Waals surface area contributed by atoms with E-state index >= 15 is 0 Å². The second-order valence-corrected chi connectivity index (χ2v) is 8.47. The lowest BCUT2D eigenvalue weighted by molar-refractivity contribution is -0.140. The van der Waals surface area contributed by atoms with Crippen LogP contribution in [0.5, 0.6) is 5.75 Å². The van der Waals surface area contributed by atoms with E-state index < -0.39 is 0 Å². The van der Waals surface area contributed by atoms with Crippen LogP contribution in [0.4, 0.5) is 0 Å². The van der Waals surface area contributed by atoms with Crippen molar-refractivity contribution in [3.8, 4) is 5.75 Å². The summed E-state index contributed by atoms with van der Waals surface area (Å²) in [6.07, 6.45) is 7.10. The van der Waals surface area contributed by atoms with Gasteiger partial charge < -0.3 is 15.4 Å². The molecule has 3 aliphatic rings. The maximum atomic E-state index is 12.8. The van der Waals surface area contributed by atoms with Crippen LogP contribution in [0.3, 0.4) is 0 Å². The van der Waals surface area contributed by atoms with Gasteiger partial charge in [-0.05, 0) is 55.7 Å². The lowest BCUT2D eigenvalue weighted by atomic mass is 9.85. The summed E-state index contributed by atoms with van der Waals surface area (Å²) in [5.41, 5.74) is 1.26. The first-order valence-corrected chi connectivity index (χ1v) is 11.3. The molecule has 0 spiro atoms. The molecule has 1 aliphatic heterocycles. The van der Waals surface area contributed by atoms with Gasteiger partial charge in [0, 0.05) is 26.2 Å². The number of halogens is 1. The summed E-state index contributed by atoms with van der Waals surface area (Å²) in [7, 11) is 1.67. The minimum atomic E-state index is -0.123. The van der Waals surface area contributed by atoms with Crippen LogP contribution in [-0.4, -0.2) is 56.0 Å². The molecule has 174 valence electrons. The Balaban J connectivity index is 0.00000289. The number of rotatable bonds is 9. The molecule has 8 heteroatoms. The summed E-state index contributed by atoms with van der Waals surface area (Å²) in [5, 5.41) is 6.50. The fourth-order valence-electron chi connectivity index (χ4n) is 5.08. The van der Waals surface area contributed by atoms with E-state index in [9.17, 15) is 9.59 Å². The van der Waals surface area contributed by atoms with Gasteiger partial charge in [0.2, 0.25) is 11.8 Å². The molecule has 0 radical (unpaired) electrons. The molecular weight excluding hydrogens is 519 g/mol. The van der Waals surface area contributed by atoms with E-state index in [1.807, 2.05) is 19.1 Å². The van der Waals surface area contributed by atoms with E-state index in [0.717, 1.165) is 37.5 Å². The number of imide groups is 1. The number of benzene rings is 1. The molecule has 1 saturated carbocycles. The molecule has 1 aromatic rings. The number of hydrogen-bond acceptors (Lipinski definition) is 4. The fourth-order valence-corrected chi connectivity index (χ4v) is 5.08. The Morgan fingerprint density at radius 2 is 1.75 bits per heavy atom. The van der Waals surface area contributed by atoms with Gasteiger partial charge in [-0.1, -0.05) is 24.3 Å². The fraction of sp³-hybridized carbons (Fsp3) is 0.542. The molecule has 2 amide bonds. The summed E-state index contributed by atoms with van der Waals surface area (Å²) in [4.78, 5) is 31.6. The molecule has 4 rings (SSSR count). The van der Waals surface area contributed by atoms with Gasteiger partial charge in [-0.15, -0.1) is 24.0 Å². The lowest BCUT2D eigenvalue weighted by Gasteiger charge is -2.18. The number of fused-ring (bicyclic) bond motifs is 5. The summed E-state index contributed by atoms with van der Waals surface area (Å²) in [5.74, 6) is 1.87. The first kappa shape index (κ1) is 24.5. The zero-order chi connectivity index (χ0) is 21.8. The Morgan fingerprint density at radius 3 is 2.34 bits per heavy atom. The van der Waals surface area contributed by atoms with Gasteiger partial charge in [-0.3, -0.25) is 19.5 Å². The number of nitrogens with one attached hydrogen (secondary N) is 2. The topological polar surface area (TPSA) is 83.0 Å². The second kappa shape index (κ2) is 11.2. The van der Waals surface area contributed by atoms with Crippen molar-refractivity contribution in [1.29, 1.82) is 0 Å². The van der Waals surface area contributed by atoms with Crippen molar-refractivity contribution in [2.24, 2.45) is 28.7 Å². The molecular formula is C24H33IN4O3. The van der Waals surface area contributed by atoms with Crippen LogP contribution < -0.4 is 15.4 Å². The number of nitrogens with zero attached hydrogens (tertiary/aromatic N) is 2. The maximum absolute atomic E-state index is 12.8. The van der Waals surface area contributed by atoms with E-state index in [0.29, 0.717) is 19.6 Å². The van der Waals surface area contributed by atoms with Gasteiger partial charge in [-0.2, -0.15) is 0 Å². The molecule has 2 N–H and O–H groups in total. The average Bonchev–Trinajstić information content (AvgIpc) is 3.46. The number of ether oxygens (including phenoxy) is 1. The molecule has 1 saturated heterocycles. The van der Waals surface area contributed by atoms with Crippen molar-refractivity contribution < 1.29 is 14.3 Å². The van der Waals surface area contributed by atoms with Gasteiger partial charge in [-0.25, -0.2) is 0 Å². The molecule has 4 atom stereocenters. The molecule has 1 aromatic carbocycles. The van der Waals surface area contributed by atoms with E-state index in [2.05, 4.69) is 39.9 Å². The van der Waals surface area contributed by atoms with Gasteiger partial charge in [0.25, 0.3) is 0 Å². The molecule has 32 heavy (non-hydrogen) atoms. The Morgan fingerprint density at radius 1 is 1.09 bits per heavy atom. The normalized spacial score (nSPS) is 25.7. The number of carbonyl (C=O) groups is 2. The number of hydrogen-bond donors (Lipinski definition) is 2. The van der Waals surface area contributed by atoms with Crippen molar-refractivity contribution in [3.05, 3.63) is 42.0 Å². The monoisotopic (exact) mass is 552 g/mol. The SMILES string of the molecule is CCNC(=NCCCc1ccc(OC)cc1)NCCN1C(=O)C2C3C=CC(C3)C2C1=O.I. The summed E-state index contributed by atoms with van der Waals surface area (Å²) in [6.45, 7) is 4.36. The van der Waals surface area contributed by atoms with Crippen LogP contribution in [0.2, 0.25) is 0 Å². The number of aryl methyl sites for hydroxylation is 1. The summed E-state index contributed by atoms with van der Waals surface area (Å²) >= 11 is 0. The van der Waals surface area contributed by atoms with E-state index in [4.69, 9.17) is 4.74 Å². The van der Waals surface area contributed by atoms with Crippen molar-refractivity contribution in [3.63, 3.8) is 0 Å². The Labute approximate surface area is 207 Å². The number of guanidine groups is 1. The molecule has 1 heterocycles. The number of methoxy groups -OCH3 is 1. The zero-order valence-corrected chi connectivity index (χ0v) is 21.1. The molecule has 4 unspecified atom stereocenters. The smallest absolute Gasteiger partial charge is 0.233 e. The van der Waals surface area contributed by atoms with Gasteiger partial charge in [0.05, 0.1) is 18.9 Å². The number of carbonyl (C=O) groups excluding carboxylic acids is 2. The Bertz CT molecular complexity index is 841. The molecule has 2 aliphatic carbocycles. The highest BCUT2D eigenvalue weighted by molar-refractivity contribution is 14.0. The minimum absolute atomic E-state index is 0. The third kappa shape index (κ3) is 5.10. The van der Waals surface area contributed by atoms with Crippen molar-refractivity contribution >= 4 is 41.8 Å². The van der Waals surface area contributed by atoms with Crippen LogP contribution in [0.25, 0.3) is 0 Å². The summed E-state index contributed by atoms with van der Waals surface area (Å²) < 4.78 is 5.19. The average molecular weight is 552 g/mol. The van der Waals surface area contributed by atoms with E-state index in [-0.39, 0.29) is 59.5 Å². The first-order chi connectivity index (χ1) is 15.1. The van der Waals surface area contributed by atoms with E-state index in [1.165, 1.54) is 10.5 Å². The zero-order valence-electron chi connectivity index (χ0n) is 18.8. The molecule has 7 nitrogen and oxygen atoms in total. The maximum Gasteiger partial charge on any atom is 0.233 e. The quantitative estimate of drug-likeness (QED) is 0.123. The molecule has 2 fully saturated rings. The predicted molar refractivity (Wildman–Crippen MR) is 135 cm³/mol. The highest BCUT2D eigenvalue weighted by atomic mass is 127. The minimum Gasteiger partial charge on any atom is -0.497 e. The van der Waals surface area contributed by atoms with Gasteiger partial charge >= 0.3 is 0 Å². The Kier molecular flexibility index (Phi) is 8.56. The van der Waals surface area contributed by atoms with Crippen molar-refractivity contribution in [1.82, 2.24) is 15.5 Å². The number of allylic oxidation sites excluding steroid dienone is 2. The van der Waals surface area contributed by atoms with Crippen LogP contribution in [0.1, 0.15) is 25.3 Å². The Hall–Kier alpha value is -2.10. The molecule has 0 aromatic heterocycles. The molecule has 2 bridgehead atoms. The van der Waals surface area contributed by atoms with Crippen LogP contribution in [0, 0.1) is 23.7 Å². The number of amides is 2. The first-order valence-electron chi connectivity index (χ1n) is 11.3. The van der Waals surface area contributed by atoms with E-state index in [1.54, 1.807) is 7.11 Å². The third-order valence-electron chi connectivity index (χ3n) is 6.59.